The van der Waals surface area contributed by atoms with Gasteiger partial charge in [0.15, 0.2) is 0 Å². The highest BCUT2D eigenvalue weighted by Crippen LogP contribution is 2.55. The number of ether oxygens (including phenoxy) is 1. The fourth-order valence-electron chi connectivity index (χ4n) is 5.53. The van der Waals surface area contributed by atoms with Crippen LogP contribution in [0.3, 0.4) is 0 Å². The Morgan fingerprint density at radius 1 is 1.07 bits per heavy atom. The Kier molecular flexibility index (Phi) is 8.55. The van der Waals surface area contributed by atoms with E-state index in [1.807, 2.05) is 0 Å². The van der Waals surface area contributed by atoms with Gasteiger partial charge in [-0.15, -0.1) is 5.10 Å². The second-order valence-electron chi connectivity index (χ2n) is 9.16. The van der Waals surface area contributed by atoms with E-state index >= 15 is 0 Å². The number of esters is 1. The first kappa shape index (κ1) is 22.3. The van der Waals surface area contributed by atoms with Gasteiger partial charge in [-0.1, -0.05) is 44.7 Å². The number of aromatic nitrogens is 3. The van der Waals surface area contributed by atoms with Gasteiger partial charge < -0.3 is 4.74 Å². The molecule has 3 rings (SSSR count). The quantitative estimate of drug-likeness (QED) is 0.348. The van der Waals surface area contributed by atoms with Crippen LogP contribution in [-0.4, -0.2) is 27.6 Å². The van der Waals surface area contributed by atoms with Crippen LogP contribution >= 0.6 is 0 Å². The molecule has 3 unspecified atom stereocenters. The van der Waals surface area contributed by atoms with Crippen molar-refractivity contribution in [2.75, 3.05) is 6.61 Å². The largest absolute Gasteiger partial charge is 0.465 e. The Morgan fingerprint density at radius 2 is 1.79 bits per heavy atom. The van der Waals surface area contributed by atoms with Crippen LogP contribution in [0.4, 0.5) is 0 Å². The average Bonchev–Trinajstić information content (AvgIpc) is 3.20. The van der Waals surface area contributed by atoms with Crippen LogP contribution in [-0.2, 0) is 28.9 Å². The van der Waals surface area contributed by atoms with E-state index in [2.05, 4.69) is 35.8 Å². The van der Waals surface area contributed by atoms with Crippen LogP contribution in [0.5, 0.6) is 0 Å². The molecule has 2 aliphatic carbocycles. The minimum Gasteiger partial charge on any atom is -0.465 e. The molecule has 2 aliphatic rings. The van der Waals surface area contributed by atoms with E-state index in [1.54, 1.807) is 0 Å². The Hall–Kier alpha value is -1.39. The van der Waals surface area contributed by atoms with Gasteiger partial charge in [0, 0.05) is 6.54 Å². The summed E-state index contributed by atoms with van der Waals surface area (Å²) < 4.78 is 7.65. The fourth-order valence-corrected chi connectivity index (χ4v) is 5.53. The van der Waals surface area contributed by atoms with E-state index in [9.17, 15) is 4.79 Å². The second kappa shape index (κ2) is 11.1. The summed E-state index contributed by atoms with van der Waals surface area (Å²) in [6.07, 6.45) is 13.7. The van der Waals surface area contributed by atoms with Crippen LogP contribution < -0.4 is 0 Å². The van der Waals surface area contributed by atoms with Crippen molar-refractivity contribution in [1.29, 1.82) is 0 Å². The molecule has 3 atom stereocenters. The average molecular weight is 404 g/mol. The van der Waals surface area contributed by atoms with Gasteiger partial charge >= 0.3 is 5.97 Å². The first-order valence-corrected chi connectivity index (χ1v) is 12.3. The van der Waals surface area contributed by atoms with Crippen LogP contribution in [0.15, 0.2) is 0 Å². The molecule has 1 fully saturated rings. The Bertz CT molecular complexity index is 636. The Morgan fingerprint density at radius 3 is 2.48 bits per heavy atom. The van der Waals surface area contributed by atoms with Crippen LogP contribution in [0.2, 0.25) is 0 Å². The van der Waals surface area contributed by atoms with E-state index in [-0.39, 0.29) is 11.9 Å². The van der Waals surface area contributed by atoms with Gasteiger partial charge in [-0.3, -0.25) is 4.79 Å². The second-order valence-corrected chi connectivity index (χ2v) is 9.16. The van der Waals surface area contributed by atoms with E-state index in [1.165, 1.54) is 43.5 Å². The van der Waals surface area contributed by atoms with Crippen molar-refractivity contribution >= 4 is 5.97 Å². The van der Waals surface area contributed by atoms with Gasteiger partial charge in [0.25, 0.3) is 0 Å². The molecule has 164 valence electrons. The van der Waals surface area contributed by atoms with Gasteiger partial charge in [0.1, 0.15) is 0 Å². The van der Waals surface area contributed by atoms with Crippen molar-refractivity contribution < 1.29 is 9.53 Å². The Labute approximate surface area is 177 Å². The molecular formula is C24H41N3O2. The maximum Gasteiger partial charge on any atom is 0.308 e. The summed E-state index contributed by atoms with van der Waals surface area (Å²) in [5.74, 6) is 2.91. The summed E-state index contributed by atoms with van der Waals surface area (Å²) in [7, 11) is 0. The number of carbonyl (C=O) groups excluding carboxylic acids is 1. The van der Waals surface area contributed by atoms with Gasteiger partial charge in [-0.25, -0.2) is 4.68 Å². The molecule has 0 aliphatic heterocycles. The zero-order valence-electron chi connectivity index (χ0n) is 18.9. The monoisotopic (exact) mass is 403 g/mol. The smallest absolute Gasteiger partial charge is 0.308 e. The lowest BCUT2D eigenvalue weighted by molar-refractivity contribution is -0.149. The van der Waals surface area contributed by atoms with Gasteiger partial charge in [0.05, 0.1) is 23.9 Å². The lowest BCUT2D eigenvalue weighted by atomic mass is 9.99. The standard InChI is InChI=1S/C24H41N3O2/c1-4-10-18(11-5-2)24(28)29-17-9-7-8-12-19-20-13-15-22-23(16-14-21(19)20)27(6-3)26-25-22/h18-21H,4-17H2,1-3H3. The molecule has 0 radical (unpaired) electrons. The summed E-state index contributed by atoms with van der Waals surface area (Å²) in [6, 6.07) is 0. The predicted octanol–water partition coefficient (Wildman–Crippen LogP) is 5.36. The van der Waals surface area contributed by atoms with E-state index < -0.39 is 0 Å². The number of aryl methyl sites for hydroxylation is 2. The number of nitrogens with zero attached hydrogens (tertiary/aromatic N) is 3. The number of hydrogen-bond donors (Lipinski definition) is 0. The lowest BCUT2D eigenvalue weighted by Crippen LogP contribution is -2.18. The van der Waals surface area contributed by atoms with Crippen molar-refractivity contribution in [3.05, 3.63) is 11.4 Å². The van der Waals surface area contributed by atoms with Gasteiger partial charge in [-0.05, 0) is 76.0 Å². The maximum atomic E-state index is 12.2. The van der Waals surface area contributed by atoms with Crippen LogP contribution in [0, 0.1) is 23.7 Å². The molecule has 29 heavy (non-hydrogen) atoms. The first-order valence-electron chi connectivity index (χ1n) is 12.3. The molecule has 0 bridgehead atoms. The fraction of sp³-hybridized carbons (Fsp3) is 0.875. The van der Waals surface area contributed by atoms with Gasteiger partial charge in [-0.2, -0.15) is 0 Å². The lowest BCUT2D eigenvalue weighted by Gasteiger charge is -2.14. The zero-order valence-corrected chi connectivity index (χ0v) is 18.9. The van der Waals surface area contributed by atoms with Crippen molar-refractivity contribution in [2.45, 2.75) is 104 Å². The third-order valence-electron chi connectivity index (χ3n) is 7.19. The molecule has 1 aromatic rings. The van der Waals surface area contributed by atoms with E-state index in [0.29, 0.717) is 6.61 Å². The van der Waals surface area contributed by atoms with E-state index in [0.717, 1.165) is 69.2 Å². The van der Waals surface area contributed by atoms with E-state index in [4.69, 9.17) is 4.74 Å². The first-order chi connectivity index (χ1) is 14.2. The van der Waals surface area contributed by atoms with Crippen LogP contribution in [0.25, 0.3) is 0 Å². The minimum atomic E-state index is 0.0354. The van der Waals surface area contributed by atoms with Crippen molar-refractivity contribution in [1.82, 2.24) is 15.0 Å². The zero-order chi connectivity index (χ0) is 20.6. The van der Waals surface area contributed by atoms with Crippen molar-refractivity contribution in [2.24, 2.45) is 23.7 Å². The molecule has 0 amide bonds. The predicted molar refractivity (Wildman–Crippen MR) is 116 cm³/mol. The summed E-state index contributed by atoms with van der Waals surface area (Å²) in [6.45, 7) is 7.98. The highest BCUT2D eigenvalue weighted by atomic mass is 16.5. The number of carbonyl (C=O) groups is 1. The summed E-state index contributed by atoms with van der Waals surface area (Å²) in [5, 5.41) is 8.74. The molecular weight excluding hydrogens is 362 g/mol. The third-order valence-corrected chi connectivity index (χ3v) is 7.19. The third kappa shape index (κ3) is 5.82. The summed E-state index contributed by atoms with van der Waals surface area (Å²) in [4.78, 5) is 12.2. The molecule has 5 nitrogen and oxygen atoms in total. The molecule has 0 N–H and O–H groups in total. The number of hydrogen-bond acceptors (Lipinski definition) is 4. The molecule has 1 aromatic heterocycles. The van der Waals surface area contributed by atoms with Crippen molar-refractivity contribution in [3.8, 4) is 0 Å². The molecule has 1 heterocycles. The Balaban J connectivity index is 1.30. The molecule has 0 saturated heterocycles. The number of fused-ring (bicyclic) bond motifs is 2. The number of unbranched alkanes of at least 4 members (excludes halogenated alkanes) is 2. The molecule has 5 heteroatoms. The normalized spacial score (nSPS) is 23.2. The van der Waals surface area contributed by atoms with Crippen LogP contribution in [0.1, 0.15) is 96.4 Å². The summed E-state index contributed by atoms with van der Waals surface area (Å²) in [5.41, 5.74) is 2.64. The number of rotatable bonds is 12. The maximum absolute atomic E-state index is 12.2. The highest BCUT2D eigenvalue weighted by molar-refractivity contribution is 5.72. The molecule has 0 spiro atoms. The highest BCUT2D eigenvalue weighted by Gasteiger charge is 2.48. The summed E-state index contributed by atoms with van der Waals surface area (Å²) >= 11 is 0. The minimum absolute atomic E-state index is 0.0354. The topological polar surface area (TPSA) is 57.0 Å². The van der Waals surface area contributed by atoms with Crippen molar-refractivity contribution in [3.63, 3.8) is 0 Å². The van der Waals surface area contributed by atoms with Gasteiger partial charge in [0.2, 0.25) is 0 Å². The SMILES string of the molecule is CCCC(CCC)C(=O)OCCCCCC1C2CCc3nnn(CC)c3CCC12. The molecule has 0 aromatic carbocycles. The molecule has 1 saturated carbocycles.